The molecule has 2 aliphatic heterocycles. The first-order chi connectivity index (χ1) is 12.8. The molecule has 0 radical (unpaired) electrons. The summed E-state index contributed by atoms with van der Waals surface area (Å²) in [6.45, 7) is 6.09. The molecule has 3 atom stereocenters. The largest absolute Gasteiger partial charge is 0.375 e. The lowest BCUT2D eigenvalue weighted by molar-refractivity contribution is -0.134. The molecule has 7 heteroatoms. The van der Waals surface area contributed by atoms with Crippen molar-refractivity contribution >= 4 is 11.9 Å². The van der Waals surface area contributed by atoms with Gasteiger partial charge in [-0.25, -0.2) is 9.97 Å². The molecule has 1 amide bonds. The highest BCUT2D eigenvalue weighted by Gasteiger charge is 2.44. The molecule has 0 spiro atoms. The fourth-order valence-corrected chi connectivity index (χ4v) is 5.02. The summed E-state index contributed by atoms with van der Waals surface area (Å²) in [7, 11) is 1.60. The van der Waals surface area contributed by atoms with Crippen LogP contribution < -0.4 is 4.90 Å². The number of methoxy groups -OCH3 is 1. The van der Waals surface area contributed by atoms with Crippen molar-refractivity contribution in [2.75, 3.05) is 57.9 Å². The number of piperazine rings is 1. The van der Waals surface area contributed by atoms with E-state index in [0.717, 1.165) is 45.2 Å². The maximum absolute atomic E-state index is 12.2. The van der Waals surface area contributed by atoms with Gasteiger partial charge in [-0.05, 0) is 30.7 Å². The summed E-state index contributed by atoms with van der Waals surface area (Å²) in [6, 6.07) is 2.46. The van der Waals surface area contributed by atoms with Crippen molar-refractivity contribution in [3.8, 4) is 0 Å². The summed E-state index contributed by atoms with van der Waals surface area (Å²) < 4.78 is 5.05. The first kappa shape index (κ1) is 17.7. The fraction of sp³-hybridized carbons (Fsp3) is 0.737. The van der Waals surface area contributed by atoms with Gasteiger partial charge in [0.15, 0.2) is 0 Å². The molecular weight excluding hydrogens is 330 g/mol. The third-order valence-electron chi connectivity index (χ3n) is 6.30. The smallest absolute Gasteiger partial charge is 0.248 e. The standard InChI is InChI=1S/C19H29N5O2/c1-26-14-18(25)24-12-15-4-2-5-17(16(15)13-24)22-8-10-23(11-9-22)19-20-6-3-7-21-19/h3,6-7,15-17H,2,4-5,8-14H2,1H3/t15-,16-,17?/m1/s1. The lowest BCUT2D eigenvalue weighted by atomic mass is 9.77. The van der Waals surface area contributed by atoms with E-state index in [1.54, 1.807) is 7.11 Å². The van der Waals surface area contributed by atoms with E-state index in [-0.39, 0.29) is 12.5 Å². The number of carbonyl (C=O) groups is 1. The van der Waals surface area contributed by atoms with Crippen LogP contribution in [0.1, 0.15) is 19.3 Å². The van der Waals surface area contributed by atoms with E-state index in [9.17, 15) is 4.79 Å². The molecule has 2 saturated heterocycles. The van der Waals surface area contributed by atoms with Crippen molar-refractivity contribution in [1.82, 2.24) is 19.8 Å². The molecule has 1 aromatic rings. The first-order valence-corrected chi connectivity index (χ1v) is 9.79. The second-order valence-corrected chi connectivity index (χ2v) is 7.73. The fourth-order valence-electron chi connectivity index (χ4n) is 5.02. The number of aromatic nitrogens is 2. The number of hydrogen-bond donors (Lipinski definition) is 0. The maximum atomic E-state index is 12.2. The predicted molar refractivity (Wildman–Crippen MR) is 98.9 cm³/mol. The van der Waals surface area contributed by atoms with E-state index in [4.69, 9.17) is 4.74 Å². The third-order valence-corrected chi connectivity index (χ3v) is 6.30. The third kappa shape index (κ3) is 3.55. The molecule has 0 N–H and O–H groups in total. The molecule has 26 heavy (non-hydrogen) atoms. The predicted octanol–water partition coefficient (Wildman–Crippen LogP) is 0.872. The summed E-state index contributed by atoms with van der Waals surface area (Å²) in [5.74, 6) is 2.26. The zero-order valence-electron chi connectivity index (χ0n) is 15.6. The minimum absolute atomic E-state index is 0.145. The Balaban J connectivity index is 1.37. The van der Waals surface area contributed by atoms with Gasteiger partial charge in [-0.15, -0.1) is 0 Å². The van der Waals surface area contributed by atoms with Crippen molar-refractivity contribution < 1.29 is 9.53 Å². The van der Waals surface area contributed by atoms with Gasteiger partial charge in [-0.1, -0.05) is 6.42 Å². The molecule has 3 heterocycles. The molecule has 1 saturated carbocycles. The van der Waals surface area contributed by atoms with Gasteiger partial charge in [0, 0.05) is 64.8 Å². The lowest BCUT2D eigenvalue weighted by Gasteiger charge is -2.44. The van der Waals surface area contributed by atoms with E-state index in [1.807, 2.05) is 23.4 Å². The van der Waals surface area contributed by atoms with Gasteiger partial charge in [0.05, 0.1) is 0 Å². The maximum Gasteiger partial charge on any atom is 0.248 e. The van der Waals surface area contributed by atoms with Crippen LogP contribution in [0.25, 0.3) is 0 Å². The van der Waals surface area contributed by atoms with Gasteiger partial charge in [0.1, 0.15) is 6.61 Å². The Morgan fingerprint density at radius 1 is 1.15 bits per heavy atom. The molecule has 1 aliphatic carbocycles. The number of amides is 1. The first-order valence-electron chi connectivity index (χ1n) is 9.79. The molecule has 4 rings (SSSR count). The van der Waals surface area contributed by atoms with Gasteiger partial charge in [0.25, 0.3) is 0 Å². The second kappa shape index (κ2) is 7.88. The summed E-state index contributed by atoms with van der Waals surface area (Å²) in [6.07, 6.45) is 7.42. The number of fused-ring (bicyclic) bond motifs is 1. The number of nitrogens with zero attached hydrogens (tertiary/aromatic N) is 5. The van der Waals surface area contributed by atoms with Gasteiger partial charge in [0.2, 0.25) is 11.9 Å². The summed E-state index contributed by atoms with van der Waals surface area (Å²) in [4.78, 5) is 28.0. The second-order valence-electron chi connectivity index (χ2n) is 7.73. The Bertz CT molecular complexity index is 605. The molecule has 1 aromatic heterocycles. The highest BCUT2D eigenvalue weighted by Crippen LogP contribution is 2.39. The highest BCUT2D eigenvalue weighted by molar-refractivity contribution is 5.77. The molecule has 0 aromatic carbocycles. The van der Waals surface area contributed by atoms with Crippen LogP contribution in [0.4, 0.5) is 5.95 Å². The quantitative estimate of drug-likeness (QED) is 0.795. The zero-order chi connectivity index (χ0) is 17.9. The zero-order valence-corrected chi connectivity index (χ0v) is 15.6. The van der Waals surface area contributed by atoms with Crippen molar-refractivity contribution in [2.24, 2.45) is 11.8 Å². The van der Waals surface area contributed by atoms with Gasteiger partial charge < -0.3 is 14.5 Å². The lowest BCUT2D eigenvalue weighted by Crippen LogP contribution is -2.54. The van der Waals surface area contributed by atoms with Crippen molar-refractivity contribution in [3.05, 3.63) is 18.5 Å². The van der Waals surface area contributed by atoms with Crippen LogP contribution in [0.5, 0.6) is 0 Å². The minimum Gasteiger partial charge on any atom is -0.375 e. The topological polar surface area (TPSA) is 61.8 Å². The average Bonchev–Trinajstić information content (AvgIpc) is 3.14. The number of likely N-dealkylation sites (tertiary alicyclic amines) is 1. The van der Waals surface area contributed by atoms with Gasteiger partial charge in [-0.3, -0.25) is 9.69 Å². The van der Waals surface area contributed by atoms with Gasteiger partial charge in [-0.2, -0.15) is 0 Å². The van der Waals surface area contributed by atoms with E-state index < -0.39 is 0 Å². The number of rotatable bonds is 4. The Kier molecular flexibility index (Phi) is 5.36. The number of carbonyl (C=O) groups excluding carboxylic acids is 1. The molecule has 1 unspecified atom stereocenters. The normalized spacial score (nSPS) is 29.7. The molecular formula is C19H29N5O2. The number of hydrogen-bond acceptors (Lipinski definition) is 6. The van der Waals surface area contributed by atoms with E-state index >= 15 is 0 Å². The average molecular weight is 359 g/mol. The van der Waals surface area contributed by atoms with Crippen LogP contribution in [-0.4, -0.2) is 84.7 Å². The minimum atomic E-state index is 0.145. The Morgan fingerprint density at radius 2 is 1.92 bits per heavy atom. The van der Waals surface area contributed by atoms with Crippen LogP contribution in [0, 0.1) is 11.8 Å². The summed E-state index contributed by atoms with van der Waals surface area (Å²) in [5.41, 5.74) is 0. The van der Waals surface area contributed by atoms with Crippen LogP contribution in [0.3, 0.4) is 0 Å². The Morgan fingerprint density at radius 3 is 2.65 bits per heavy atom. The Labute approximate surface area is 155 Å². The number of anilines is 1. The molecule has 142 valence electrons. The number of ether oxygens (including phenoxy) is 1. The van der Waals surface area contributed by atoms with E-state index in [0.29, 0.717) is 17.9 Å². The van der Waals surface area contributed by atoms with Crippen LogP contribution in [-0.2, 0) is 9.53 Å². The molecule has 7 nitrogen and oxygen atoms in total. The van der Waals surface area contributed by atoms with E-state index in [1.165, 1.54) is 19.3 Å². The van der Waals surface area contributed by atoms with Crippen LogP contribution in [0.2, 0.25) is 0 Å². The Hall–Kier alpha value is -1.73. The van der Waals surface area contributed by atoms with Crippen molar-refractivity contribution in [1.29, 1.82) is 0 Å². The SMILES string of the molecule is COCC(=O)N1C[C@H]2CCCC(N3CCN(c4ncccn4)CC3)[C@@H]2C1. The summed E-state index contributed by atoms with van der Waals surface area (Å²) in [5, 5.41) is 0. The summed E-state index contributed by atoms with van der Waals surface area (Å²) >= 11 is 0. The monoisotopic (exact) mass is 359 g/mol. The van der Waals surface area contributed by atoms with Gasteiger partial charge >= 0.3 is 0 Å². The molecule has 3 fully saturated rings. The van der Waals surface area contributed by atoms with E-state index in [2.05, 4.69) is 19.8 Å². The van der Waals surface area contributed by atoms with Crippen LogP contribution in [0.15, 0.2) is 18.5 Å². The highest BCUT2D eigenvalue weighted by atomic mass is 16.5. The van der Waals surface area contributed by atoms with Crippen LogP contribution >= 0.6 is 0 Å². The molecule has 0 bridgehead atoms. The van der Waals surface area contributed by atoms with Crippen molar-refractivity contribution in [2.45, 2.75) is 25.3 Å². The molecule has 3 aliphatic rings. The van der Waals surface area contributed by atoms with Crippen molar-refractivity contribution in [3.63, 3.8) is 0 Å².